The predicted molar refractivity (Wildman–Crippen MR) is 93.4 cm³/mol. The number of urea groups is 1. The van der Waals surface area contributed by atoms with Crippen LogP contribution in [-0.4, -0.2) is 27.4 Å². The summed E-state index contributed by atoms with van der Waals surface area (Å²) in [4.78, 5) is 12.1. The van der Waals surface area contributed by atoms with E-state index in [1.165, 1.54) is 14.2 Å². The Morgan fingerprint density at radius 1 is 1.00 bits per heavy atom. The molecule has 6 nitrogen and oxygen atoms in total. The topological polar surface area (TPSA) is 68.8 Å². The van der Waals surface area contributed by atoms with Crippen molar-refractivity contribution in [2.75, 3.05) is 26.6 Å². The quantitative estimate of drug-likeness (QED) is 0.833. The first kappa shape index (κ1) is 17.7. The van der Waals surface area contributed by atoms with E-state index in [0.29, 0.717) is 28.8 Å². The van der Waals surface area contributed by atoms with Gasteiger partial charge in [0.15, 0.2) is 0 Å². The Hall–Kier alpha value is -2.60. The molecule has 0 bridgehead atoms. The highest BCUT2D eigenvalue weighted by atomic mass is 35.5. The first-order valence-electron chi connectivity index (χ1n) is 7.16. The largest absolute Gasteiger partial charge is 0.497 e. The Morgan fingerprint density at radius 2 is 1.67 bits per heavy atom. The van der Waals surface area contributed by atoms with Crippen LogP contribution in [0, 0.1) is 0 Å². The lowest BCUT2D eigenvalue weighted by molar-refractivity contribution is 0.251. The molecule has 0 aromatic heterocycles. The van der Waals surface area contributed by atoms with Crippen LogP contribution in [0.4, 0.5) is 10.5 Å². The number of carbonyl (C=O) groups is 1. The Kier molecular flexibility index (Phi) is 6.14. The zero-order valence-corrected chi connectivity index (χ0v) is 14.4. The monoisotopic (exact) mass is 350 g/mol. The highest BCUT2D eigenvalue weighted by molar-refractivity contribution is 6.32. The molecule has 2 amide bonds. The van der Waals surface area contributed by atoms with Gasteiger partial charge in [0.1, 0.15) is 17.2 Å². The molecule has 7 heteroatoms. The van der Waals surface area contributed by atoms with Crippen LogP contribution in [0.1, 0.15) is 5.56 Å². The van der Waals surface area contributed by atoms with Crippen LogP contribution < -0.4 is 24.8 Å². The fourth-order valence-electron chi connectivity index (χ4n) is 2.05. The normalized spacial score (nSPS) is 10.0. The lowest BCUT2D eigenvalue weighted by Crippen LogP contribution is -2.28. The summed E-state index contributed by atoms with van der Waals surface area (Å²) in [5.74, 6) is 1.66. The molecule has 0 saturated heterocycles. The molecule has 2 N–H and O–H groups in total. The molecule has 0 aliphatic carbocycles. The number of hydrogen-bond acceptors (Lipinski definition) is 4. The molecule has 0 aliphatic rings. The fourth-order valence-corrected chi connectivity index (χ4v) is 2.28. The summed E-state index contributed by atoms with van der Waals surface area (Å²) < 4.78 is 15.5. The second-order valence-electron chi connectivity index (χ2n) is 4.84. The highest BCUT2D eigenvalue weighted by Crippen LogP contribution is 2.35. The summed E-state index contributed by atoms with van der Waals surface area (Å²) in [5, 5.41) is 5.89. The molecule has 0 unspecified atom stereocenters. The molecule has 0 atom stereocenters. The van der Waals surface area contributed by atoms with E-state index in [2.05, 4.69) is 10.6 Å². The van der Waals surface area contributed by atoms with Gasteiger partial charge in [-0.1, -0.05) is 23.7 Å². The van der Waals surface area contributed by atoms with Crippen molar-refractivity contribution >= 4 is 23.3 Å². The molecule has 0 aliphatic heterocycles. The van der Waals surface area contributed by atoms with Crippen LogP contribution in [0.25, 0.3) is 0 Å². The van der Waals surface area contributed by atoms with E-state index in [9.17, 15) is 4.79 Å². The number of anilines is 1. The van der Waals surface area contributed by atoms with Gasteiger partial charge in [-0.25, -0.2) is 4.79 Å². The Balaban J connectivity index is 2.01. The molecule has 128 valence electrons. The van der Waals surface area contributed by atoms with Crippen molar-refractivity contribution in [2.24, 2.45) is 0 Å². The van der Waals surface area contributed by atoms with Gasteiger partial charge in [0.05, 0.1) is 32.0 Å². The third kappa shape index (κ3) is 4.45. The minimum Gasteiger partial charge on any atom is -0.497 e. The van der Waals surface area contributed by atoms with Crippen molar-refractivity contribution in [2.45, 2.75) is 6.54 Å². The number of carbonyl (C=O) groups excluding carboxylic acids is 1. The third-order valence-corrected chi connectivity index (χ3v) is 3.63. The first-order chi connectivity index (χ1) is 11.6. The maximum Gasteiger partial charge on any atom is 0.319 e. The van der Waals surface area contributed by atoms with E-state index < -0.39 is 0 Å². The summed E-state index contributed by atoms with van der Waals surface area (Å²) in [7, 11) is 4.61. The van der Waals surface area contributed by atoms with Crippen LogP contribution in [0.2, 0.25) is 5.02 Å². The van der Waals surface area contributed by atoms with E-state index in [-0.39, 0.29) is 6.03 Å². The molecular weight excluding hydrogens is 332 g/mol. The smallest absolute Gasteiger partial charge is 0.319 e. The SMILES string of the molecule is COc1ccc(CNC(=O)Nc2cc(OC)c(Cl)cc2OC)cc1. The predicted octanol–water partition coefficient (Wildman–Crippen LogP) is 3.69. The minimum absolute atomic E-state index is 0.367. The van der Waals surface area contributed by atoms with Crippen molar-refractivity contribution < 1.29 is 19.0 Å². The first-order valence-corrected chi connectivity index (χ1v) is 7.54. The number of ether oxygens (including phenoxy) is 3. The summed E-state index contributed by atoms with van der Waals surface area (Å²) in [6, 6.07) is 10.3. The number of rotatable bonds is 6. The third-order valence-electron chi connectivity index (χ3n) is 3.33. The van der Waals surface area contributed by atoms with Gasteiger partial charge in [0.25, 0.3) is 0 Å². The van der Waals surface area contributed by atoms with Gasteiger partial charge < -0.3 is 24.8 Å². The maximum absolute atomic E-state index is 12.1. The van der Waals surface area contributed by atoms with E-state index in [1.807, 2.05) is 24.3 Å². The van der Waals surface area contributed by atoms with Gasteiger partial charge in [0, 0.05) is 18.7 Å². The van der Waals surface area contributed by atoms with Gasteiger partial charge in [-0.05, 0) is 17.7 Å². The minimum atomic E-state index is -0.367. The Bertz CT molecular complexity index is 704. The molecule has 2 aromatic carbocycles. The van der Waals surface area contributed by atoms with Crippen LogP contribution >= 0.6 is 11.6 Å². The zero-order valence-electron chi connectivity index (χ0n) is 13.7. The molecule has 0 heterocycles. The van der Waals surface area contributed by atoms with Crippen molar-refractivity contribution in [3.05, 3.63) is 47.0 Å². The van der Waals surface area contributed by atoms with Crippen LogP contribution in [-0.2, 0) is 6.54 Å². The number of benzene rings is 2. The van der Waals surface area contributed by atoms with E-state index >= 15 is 0 Å². The molecule has 2 aromatic rings. The van der Waals surface area contributed by atoms with Gasteiger partial charge >= 0.3 is 6.03 Å². The van der Waals surface area contributed by atoms with E-state index in [1.54, 1.807) is 19.2 Å². The molecule has 0 spiro atoms. The summed E-state index contributed by atoms with van der Waals surface area (Å²) >= 11 is 6.04. The lowest BCUT2D eigenvalue weighted by Gasteiger charge is -2.14. The molecule has 2 rings (SSSR count). The second kappa shape index (κ2) is 8.31. The number of methoxy groups -OCH3 is 3. The fraction of sp³-hybridized carbons (Fsp3) is 0.235. The van der Waals surface area contributed by atoms with Crippen molar-refractivity contribution in [1.82, 2.24) is 5.32 Å². The number of halogens is 1. The van der Waals surface area contributed by atoms with Crippen molar-refractivity contribution in [3.8, 4) is 17.2 Å². The van der Waals surface area contributed by atoms with E-state index in [4.69, 9.17) is 25.8 Å². The molecule has 0 radical (unpaired) electrons. The second-order valence-corrected chi connectivity index (χ2v) is 5.25. The van der Waals surface area contributed by atoms with Gasteiger partial charge in [-0.15, -0.1) is 0 Å². The number of hydrogen-bond donors (Lipinski definition) is 2. The molecule has 24 heavy (non-hydrogen) atoms. The Labute approximate surface area is 145 Å². The summed E-state index contributed by atoms with van der Waals surface area (Å²) in [6.07, 6.45) is 0. The van der Waals surface area contributed by atoms with Crippen LogP contribution in [0.3, 0.4) is 0 Å². The van der Waals surface area contributed by atoms with E-state index in [0.717, 1.165) is 11.3 Å². The van der Waals surface area contributed by atoms with Crippen LogP contribution in [0.5, 0.6) is 17.2 Å². The molecule has 0 fully saturated rings. The standard InChI is InChI=1S/C17H19ClN2O4/c1-22-12-6-4-11(5-7-12)10-19-17(21)20-14-9-15(23-2)13(18)8-16(14)24-3/h4-9H,10H2,1-3H3,(H2,19,20,21). The van der Waals surface area contributed by atoms with Crippen LogP contribution in [0.15, 0.2) is 36.4 Å². The zero-order chi connectivity index (χ0) is 17.5. The van der Waals surface area contributed by atoms with Gasteiger partial charge in [0.2, 0.25) is 0 Å². The van der Waals surface area contributed by atoms with Gasteiger partial charge in [-0.3, -0.25) is 0 Å². The average Bonchev–Trinajstić information content (AvgIpc) is 2.61. The van der Waals surface area contributed by atoms with Gasteiger partial charge in [-0.2, -0.15) is 0 Å². The highest BCUT2D eigenvalue weighted by Gasteiger charge is 2.12. The van der Waals surface area contributed by atoms with Crippen molar-refractivity contribution in [1.29, 1.82) is 0 Å². The Morgan fingerprint density at radius 3 is 2.25 bits per heavy atom. The average molecular weight is 351 g/mol. The summed E-state index contributed by atoms with van der Waals surface area (Å²) in [5.41, 5.74) is 1.41. The number of amides is 2. The summed E-state index contributed by atoms with van der Waals surface area (Å²) in [6.45, 7) is 0.378. The molecule has 0 saturated carbocycles. The molecular formula is C17H19ClN2O4. The lowest BCUT2D eigenvalue weighted by atomic mass is 10.2. The van der Waals surface area contributed by atoms with Crippen molar-refractivity contribution in [3.63, 3.8) is 0 Å². The number of nitrogens with one attached hydrogen (secondary N) is 2. The maximum atomic E-state index is 12.1.